The number of ether oxygens (including phenoxy) is 1. The summed E-state index contributed by atoms with van der Waals surface area (Å²) >= 11 is 0. The molecule has 0 saturated heterocycles. The maximum atomic E-state index is 5.15. The lowest BCUT2D eigenvalue weighted by Crippen LogP contribution is -2.08. The fourth-order valence-electron chi connectivity index (χ4n) is 2.07. The monoisotopic (exact) mass is 322 g/mol. The fourth-order valence-corrected chi connectivity index (χ4v) is 2.07. The van der Waals surface area contributed by atoms with E-state index in [9.17, 15) is 0 Å². The van der Waals surface area contributed by atoms with Crippen LogP contribution in [0.5, 0.6) is 5.75 Å². The first kappa shape index (κ1) is 15.7. The highest BCUT2D eigenvalue weighted by molar-refractivity contribution is 5.38. The normalized spacial score (nSPS) is 10.2. The van der Waals surface area contributed by atoms with Gasteiger partial charge in [-0.1, -0.05) is 18.2 Å². The predicted molar refractivity (Wildman–Crippen MR) is 91.7 cm³/mol. The van der Waals surface area contributed by atoms with Gasteiger partial charge in [-0.15, -0.1) is 5.10 Å². The summed E-state index contributed by atoms with van der Waals surface area (Å²) in [6.45, 7) is 1.19. The quantitative estimate of drug-likeness (QED) is 0.691. The van der Waals surface area contributed by atoms with E-state index in [0.717, 1.165) is 17.0 Å². The first-order valence-corrected chi connectivity index (χ1v) is 7.54. The molecule has 2 N–H and O–H groups in total. The van der Waals surface area contributed by atoms with Crippen LogP contribution in [0.2, 0.25) is 0 Å². The smallest absolute Gasteiger partial charge is 0.245 e. The highest BCUT2D eigenvalue weighted by Crippen LogP contribution is 2.13. The molecule has 7 heteroatoms. The predicted octanol–water partition coefficient (Wildman–Crippen LogP) is 2.50. The van der Waals surface area contributed by atoms with E-state index in [4.69, 9.17) is 4.74 Å². The second kappa shape index (κ2) is 7.87. The number of aromatic nitrogens is 4. The van der Waals surface area contributed by atoms with Crippen molar-refractivity contribution in [1.29, 1.82) is 0 Å². The molecule has 0 bridgehead atoms. The van der Waals surface area contributed by atoms with Crippen molar-refractivity contribution in [2.75, 3.05) is 17.7 Å². The van der Waals surface area contributed by atoms with E-state index in [1.807, 2.05) is 42.5 Å². The Morgan fingerprint density at radius 1 is 1.00 bits per heavy atom. The minimum Gasteiger partial charge on any atom is -0.497 e. The van der Waals surface area contributed by atoms with Crippen molar-refractivity contribution < 1.29 is 4.74 Å². The second-order valence-corrected chi connectivity index (χ2v) is 5.04. The molecule has 0 atom stereocenters. The Morgan fingerprint density at radius 3 is 2.62 bits per heavy atom. The molecule has 0 aliphatic rings. The topological polar surface area (TPSA) is 84.9 Å². The van der Waals surface area contributed by atoms with Gasteiger partial charge in [-0.25, -0.2) is 0 Å². The Labute approximate surface area is 140 Å². The third-order valence-electron chi connectivity index (χ3n) is 3.35. The van der Waals surface area contributed by atoms with Gasteiger partial charge in [0.25, 0.3) is 0 Å². The van der Waals surface area contributed by atoms with Gasteiger partial charge in [-0.3, -0.25) is 4.98 Å². The summed E-state index contributed by atoms with van der Waals surface area (Å²) in [6, 6.07) is 13.6. The van der Waals surface area contributed by atoms with Crippen LogP contribution in [0, 0.1) is 0 Å². The fraction of sp³-hybridized carbons (Fsp3) is 0.176. The maximum Gasteiger partial charge on any atom is 0.245 e. The maximum absolute atomic E-state index is 5.15. The third-order valence-corrected chi connectivity index (χ3v) is 3.35. The van der Waals surface area contributed by atoms with E-state index < -0.39 is 0 Å². The SMILES string of the molecule is COc1ccc(CNc2cnnc(NCc3ccccn3)n2)cc1. The lowest BCUT2D eigenvalue weighted by atomic mass is 10.2. The highest BCUT2D eigenvalue weighted by Gasteiger charge is 2.02. The van der Waals surface area contributed by atoms with Crippen molar-refractivity contribution in [3.8, 4) is 5.75 Å². The molecular weight excluding hydrogens is 304 g/mol. The molecular formula is C17H18N6O. The van der Waals surface area contributed by atoms with Crippen LogP contribution in [-0.4, -0.2) is 27.3 Å². The molecule has 0 fully saturated rings. The van der Waals surface area contributed by atoms with Gasteiger partial charge in [0.2, 0.25) is 5.95 Å². The van der Waals surface area contributed by atoms with Crippen LogP contribution >= 0.6 is 0 Å². The Bertz CT molecular complexity index is 764. The lowest BCUT2D eigenvalue weighted by Gasteiger charge is -2.08. The van der Waals surface area contributed by atoms with Crippen molar-refractivity contribution in [2.45, 2.75) is 13.1 Å². The number of hydrogen-bond acceptors (Lipinski definition) is 7. The van der Waals surface area contributed by atoms with E-state index in [-0.39, 0.29) is 0 Å². The summed E-state index contributed by atoms with van der Waals surface area (Å²) in [5, 5.41) is 14.3. The van der Waals surface area contributed by atoms with Gasteiger partial charge in [0.05, 0.1) is 25.5 Å². The van der Waals surface area contributed by atoms with Gasteiger partial charge in [0, 0.05) is 12.7 Å². The van der Waals surface area contributed by atoms with Crippen LogP contribution in [0.3, 0.4) is 0 Å². The number of anilines is 2. The number of pyridine rings is 1. The average molecular weight is 322 g/mol. The summed E-state index contributed by atoms with van der Waals surface area (Å²) in [5.41, 5.74) is 2.04. The van der Waals surface area contributed by atoms with E-state index in [1.165, 1.54) is 0 Å². The number of nitrogens with one attached hydrogen (secondary N) is 2. The zero-order valence-electron chi connectivity index (χ0n) is 13.3. The Morgan fingerprint density at radius 2 is 1.88 bits per heavy atom. The summed E-state index contributed by atoms with van der Waals surface area (Å²) in [6.07, 6.45) is 3.35. The number of methoxy groups -OCH3 is 1. The molecule has 0 radical (unpaired) electrons. The summed E-state index contributed by atoms with van der Waals surface area (Å²) in [7, 11) is 1.65. The molecule has 0 aliphatic carbocycles. The molecule has 2 heterocycles. The largest absolute Gasteiger partial charge is 0.497 e. The van der Waals surface area contributed by atoms with E-state index in [2.05, 4.69) is 30.8 Å². The number of nitrogens with zero attached hydrogens (tertiary/aromatic N) is 4. The van der Waals surface area contributed by atoms with Crippen LogP contribution in [0.1, 0.15) is 11.3 Å². The molecule has 0 saturated carbocycles. The summed E-state index contributed by atoms with van der Waals surface area (Å²) in [5.74, 6) is 1.95. The zero-order chi connectivity index (χ0) is 16.6. The van der Waals surface area contributed by atoms with Crippen LogP contribution in [0.4, 0.5) is 11.8 Å². The molecule has 0 spiro atoms. The Balaban J connectivity index is 1.56. The molecule has 1 aromatic carbocycles. The molecule has 3 rings (SSSR count). The molecule has 0 aliphatic heterocycles. The van der Waals surface area contributed by atoms with Gasteiger partial charge < -0.3 is 15.4 Å². The number of rotatable bonds is 7. The van der Waals surface area contributed by atoms with E-state index >= 15 is 0 Å². The van der Waals surface area contributed by atoms with Gasteiger partial charge in [-0.2, -0.15) is 10.1 Å². The first-order chi connectivity index (χ1) is 11.8. The van der Waals surface area contributed by atoms with Crippen molar-refractivity contribution in [3.63, 3.8) is 0 Å². The van der Waals surface area contributed by atoms with Gasteiger partial charge in [0.15, 0.2) is 5.82 Å². The molecule has 24 heavy (non-hydrogen) atoms. The molecule has 3 aromatic rings. The van der Waals surface area contributed by atoms with Crippen LogP contribution in [-0.2, 0) is 13.1 Å². The lowest BCUT2D eigenvalue weighted by molar-refractivity contribution is 0.414. The Kier molecular flexibility index (Phi) is 5.14. The standard InChI is InChI=1S/C17H18N6O/c1-24-15-7-5-13(6-8-15)10-19-16-12-21-23-17(22-16)20-11-14-4-2-3-9-18-14/h2-9,12H,10-11H2,1H3,(H2,19,20,22,23). The minimum absolute atomic E-state index is 0.459. The van der Waals surface area contributed by atoms with Crippen molar-refractivity contribution in [2.24, 2.45) is 0 Å². The molecule has 0 amide bonds. The van der Waals surface area contributed by atoms with Crippen molar-refractivity contribution >= 4 is 11.8 Å². The van der Waals surface area contributed by atoms with Crippen LogP contribution in [0.25, 0.3) is 0 Å². The minimum atomic E-state index is 0.459. The first-order valence-electron chi connectivity index (χ1n) is 7.54. The highest BCUT2D eigenvalue weighted by atomic mass is 16.5. The van der Waals surface area contributed by atoms with Crippen molar-refractivity contribution in [3.05, 3.63) is 66.1 Å². The number of hydrogen-bond donors (Lipinski definition) is 2. The molecule has 7 nitrogen and oxygen atoms in total. The zero-order valence-corrected chi connectivity index (χ0v) is 13.3. The molecule has 122 valence electrons. The van der Waals surface area contributed by atoms with Gasteiger partial charge in [-0.05, 0) is 29.8 Å². The van der Waals surface area contributed by atoms with Gasteiger partial charge >= 0.3 is 0 Å². The second-order valence-electron chi connectivity index (χ2n) is 5.04. The summed E-state index contributed by atoms with van der Waals surface area (Å²) in [4.78, 5) is 8.63. The summed E-state index contributed by atoms with van der Waals surface area (Å²) < 4.78 is 5.15. The third kappa shape index (κ3) is 4.39. The van der Waals surface area contributed by atoms with E-state index in [1.54, 1.807) is 19.5 Å². The average Bonchev–Trinajstić information content (AvgIpc) is 2.66. The molecule has 2 aromatic heterocycles. The van der Waals surface area contributed by atoms with Crippen LogP contribution < -0.4 is 15.4 Å². The molecule has 0 unspecified atom stereocenters. The Hall–Kier alpha value is -3.22. The van der Waals surface area contributed by atoms with Gasteiger partial charge in [0.1, 0.15) is 5.75 Å². The van der Waals surface area contributed by atoms with Crippen molar-refractivity contribution in [1.82, 2.24) is 20.2 Å². The van der Waals surface area contributed by atoms with Crippen LogP contribution in [0.15, 0.2) is 54.9 Å². The van der Waals surface area contributed by atoms with E-state index in [0.29, 0.717) is 24.9 Å². The number of benzene rings is 1.